The normalized spacial score (nSPS) is 16.6. The zero-order valence-electron chi connectivity index (χ0n) is 15.4. The van der Waals surface area contributed by atoms with Gasteiger partial charge in [-0.3, -0.25) is 10.1 Å². The molecule has 27 heavy (non-hydrogen) atoms. The van der Waals surface area contributed by atoms with Crippen LogP contribution in [0.4, 0.5) is 5.13 Å². The van der Waals surface area contributed by atoms with Crippen molar-refractivity contribution in [3.63, 3.8) is 0 Å². The second-order valence-electron chi connectivity index (χ2n) is 5.84. The second kappa shape index (κ2) is 9.48. The highest BCUT2D eigenvalue weighted by Crippen LogP contribution is 2.32. The SMILES string of the molecule is CCOc1ccc(/C=C/C(=O)Nc2nnc([C@H]3CCCO3)s2)cc1OCC. The first-order valence-electron chi connectivity index (χ1n) is 9.03. The van der Waals surface area contributed by atoms with Gasteiger partial charge in [0, 0.05) is 12.7 Å². The average Bonchev–Trinajstić information content (AvgIpc) is 3.34. The van der Waals surface area contributed by atoms with Crippen LogP contribution in [-0.4, -0.2) is 35.9 Å². The van der Waals surface area contributed by atoms with E-state index in [1.807, 2.05) is 32.0 Å². The molecule has 1 N–H and O–H groups in total. The Kier molecular flexibility index (Phi) is 6.78. The van der Waals surface area contributed by atoms with E-state index in [9.17, 15) is 4.79 Å². The summed E-state index contributed by atoms with van der Waals surface area (Å²) in [5.74, 6) is 1.08. The summed E-state index contributed by atoms with van der Waals surface area (Å²) < 4.78 is 16.7. The third-order valence-electron chi connectivity index (χ3n) is 3.87. The Morgan fingerprint density at radius 3 is 2.85 bits per heavy atom. The summed E-state index contributed by atoms with van der Waals surface area (Å²) in [6.45, 7) is 5.69. The maximum absolute atomic E-state index is 12.2. The Labute approximate surface area is 162 Å². The fourth-order valence-electron chi connectivity index (χ4n) is 2.68. The summed E-state index contributed by atoms with van der Waals surface area (Å²) in [5, 5.41) is 12.1. The third kappa shape index (κ3) is 5.27. The van der Waals surface area contributed by atoms with Gasteiger partial charge in [-0.2, -0.15) is 0 Å². The lowest BCUT2D eigenvalue weighted by atomic mass is 10.2. The fraction of sp³-hybridized carbons (Fsp3) is 0.421. The molecule has 0 bridgehead atoms. The van der Waals surface area contributed by atoms with Gasteiger partial charge in [-0.1, -0.05) is 17.4 Å². The maximum atomic E-state index is 12.2. The Bertz CT molecular complexity index is 800. The first-order valence-corrected chi connectivity index (χ1v) is 9.85. The van der Waals surface area contributed by atoms with Crippen molar-refractivity contribution in [3.05, 3.63) is 34.8 Å². The topological polar surface area (TPSA) is 82.6 Å². The number of aromatic nitrogens is 2. The number of benzene rings is 1. The van der Waals surface area contributed by atoms with Gasteiger partial charge in [0.2, 0.25) is 11.0 Å². The van der Waals surface area contributed by atoms with Crippen LogP contribution in [0.15, 0.2) is 24.3 Å². The fourth-order valence-corrected chi connectivity index (χ4v) is 3.51. The number of nitrogens with zero attached hydrogens (tertiary/aromatic N) is 2. The molecule has 2 heterocycles. The predicted molar refractivity (Wildman–Crippen MR) is 104 cm³/mol. The minimum atomic E-state index is -0.267. The Balaban J connectivity index is 1.61. The number of carbonyl (C=O) groups excluding carboxylic acids is 1. The van der Waals surface area contributed by atoms with Gasteiger partial charge in [-0.05, 0) is 50.5 Å². The van der Waals surface area contributed by atoms with Crippen LogP contribution in [-0.2, 0) is 9.53 Å². The number of hydrogen-bond donors (Lipinski definition) is 1. The van der Waals surface area contributed by atoms with E-state index in [2.05, 4.69) is 15.5 Å². The molecule has 7 nitrogen and oxygen atoms in total. The van der Waals surface area contributed by atoms with Crippen molar-refractivity contribution in [2.75, 3.05) is 25.1 Å². The van der Waals surface area contributed by atoms with Crippen molar-refractivity contribution in [2.45, 2.75) is 32.8 Å². The van der Waals surface area contributed by atoms with Crippen molar-refractivity contribution >= 4 is 28.5 Å². The van der Waals surface area contributed by atoms with Gasteiger partial charge >= 0.3 is 0 Å². The minimum Gasteiger partial charge on any atom is -0.490 e. The number of rotatable bonds is 8. The zero-order valence-corrected chi connectivity index (χ0v) is 16.3. The summed E-state index contributed by atoms with van der Waals surface area (Å²) in [6.07, 6.45) is 5.15. The largest absolute Gasteiger partial charge is 0.490 e. The molecule has 1 fully saturated rings. The number of carbonyl (C=O) groups is 1. The first kappa shape index (κ1) is 19.3. The molecule has 3 rings (SSSR count). The van der Waals surface area contributed by atoms with Crippen LogP contribution in [0.3, 0.4) is 0 Å². The van der Waals surface area contributed by atoms with Gasteiger partial charge in [0.15, 0.2) is 11.5 Å². The highest BCUT2D eigenvalue weighted by Gasteiger charge is 2.22. The molecule has 2 aromatic rings. The van der Waals surface area contributed by atoms with E-state index >= 15 is 0 Å². The lowest BCUT2D eigenvalue weighted by Gasteiger charge is -2.11. The van der Waals surface area contributed by atoms with Gasteiger partial charge in [0.25, 0.3) is 0 Å². The molecule has 1 aliphatic heterocycles. The third-order valence-corrected chi connectivity index (χ3v) is 4.80. The smallest absolute Gasteiger partial charge is 0.250 e. The van der Waals surface area contributed by atoms with Crippen LogP contribution in [0.5, 0.6) is 11.5 Å². The van der Waals surface area contributed by atoms with Crippen molar-refractivity contribution in [1.82, 2.24) is 10.2 Å². The van der Waals surface area contributed by atoms with Crippen molar-refractivity contribution in [3.8, 4) is 11.5 Å². The molecule has 0 saturated carbocycles. The van der Waals surface area contributed by atoms with E-state index in [0.29, 0.717) is 29.8 Å². The molecule has 0 spiro atoms. The van der Waals surface area contributed by atoms with Crippen LogP contribution in [0, 0.1) is 0 Å². The highest BCUT2D eigenvalue weighted by molar-refractivity contribution is 7.15. The molecule has 1 aromatic carbocycles. The molecule has 0 unspecified atom stereocenters. The minimum absolute atomic E-state index is 0.00420. The van der Waals surface area contributed by atoms with Gasteiger partial charge in [-0.25, -0.2) is 0 Å². The van der Waals surface area contributed by atoms with Crippen LogP contribution < -0.4 is 14.8 Å². The number of amides is 1. The van der Waals surface area contributed by atoms with Crippen LogP contribution >= 0.6 is 11.3 Å². The molecule has 0 radical (unpaired) electrons. The van der Waals surface area contributed by atoms with Crippen LogP contribution in [0.2, 0.25) is 0 Å². The van der Waals surface area contributed by atoms with E-state index < -0.39 is 0 Å². The van der Waals surface area contributed by atoms with Gasteiger partial charge < -0.3 is 14.2 Å². The van der Waals surface area contributed by atoms with Crippen molar-refractivity contribution < 1.29 is 19.0 Å². The molecular weight excluding hydrogens is 366 g/mol. The number of hydrogen-bond acceptors (Lipinski definition) is 7. The monoisotopic (exact) mass is 389 g/mol. The lowest BCUT2D eigenvalue weighted by molar-refractivity contribution is -0.111. The van der Waals surface area contributed by atoms with Crippen LogP contribution in [0.1, 0.15) is 43.4 Å². The van der Waals surface area contributed by atoms with Crippen molar-refractivity contribution in [1.29, 1.82) is 0 Å². The second-order valence-corrected chi connectivity index (χ2v) is 6.85. The zero-order chi connectivity index (χ0) is 19.1. The van der Waals surface area contributed by atoms with E-state index in [4.69, 9.17) is 14.2 Å². The summed E-state index contributed by atoms with van der Waals surface area (Å²) in [6, 6.07) is 5.56. The summed E-state index contributed by atoms with van der Waals surface area (Å²) >= 11 is 1.35. The van der Waals surface area contributed by atoms with E-state index in [0.717, 1.165) is 30.0 Å². The molecule has 1 atom stereocenters. The van der Waals surface area contributed by atoms with Crippen molar-refractivity contribution in [2.24, 2.45) is 0 Å². The molecule has 1 aliphatic rings. The van der Waals surface area contributed by atoms with Crippen LogP contribution in [0.25, 0.3) is 6.08 Å². The standard InChI is InChI=1S/C19H23N3O4S/c1-3-24-14-9-7-13(12-16(14)25-4-2)8-10-17(23)20-19-22-21-18(27-19)15-6-5-11-26-15/h7-10,12,15H,3-6,11H2,1-2H3,(H,20,22,23)/b10-8+/t15-/m1/s1. The Morgan fingerprint density at radius 2 is 2.11 bits per heavy atom. The molecule has 1 saturated heterocycles. The molecule has 1 aromatic heterocycles. The molecule has 1 amide bonds. The maximum Gasteiger partial charge on any atom is 0.250 e. The van der Waals surface area contributed by atoms with Gasteiger partial charge in [0.1, 0.15) is 11.1 Å². The molecule has 0 aliphatic carbocycles. The summed E-state index contributed by atoms with van der Waals surface area (Å²) in [4.78, 5) is 12.2. The molecule has 144 valence electrons. The van der Waals surface area contributed by atoms with Gasteiger partial charge in [-0.15, -0.1) is 10.2 Å². The Hall–Kier alpha value is -2.45. The Morgan fingerprint density at radius 1 is 1.30 bits per heavy atom. The van der Waals surface area contributed by atoms with Gasteiger partial charge in [0.05, 0.1) is 13.2 Å². The molecular formula is C19H23N3O4S. The number of ether oxygens (including phenoxy) is 3. The summed E-state index contributed by atoms with van der Waals surface area (Å²) in [5.41, 5.74) is 0.842. The average molecular weight is 389 g/mol. The van der Waals surface area contributed by atoms with E-state index in [-0.39, 0.29) is 12.0 Å². The summed E-state index contributed by atoms with van der Waals surface area (Å²) in [7, 11) is 0. The number of anilines is 1. The first-order chi connectivity index (χ1) is 13.2. The van der Waals surface area contributed by atoms with E-state index in [1.165, 1.54) is 17.4 Å². The predicted octanol–water partition coefficient (Wildman–Crippen LogP) is 3.84. The van der Waals surface area contributed by atoms with E-state index in [1.54, 1.807) is 6.08 Å². The quantitative estimate of drug-likeness (QED) is 0.691. The molecule has 8 heteroatoms. The lowest BCUT2D eigenvalue weighted by Crippen LogP contribution is -2.07. The highest BCUT2D eigenvalue weighted by atomic mass is 32.1. The number of nitrogens with one attached hydrogen (secondary N) is 1.